The molecule has 2 amide bonds. The number of hydrogen-bond acceptors (Lipinski definition) is 2. The van der Waals surface area contributed by atoms with Gasteiger partial charge >= 0.3 is 0 Å². The summed E-state index contributed by atoms with van der Waals surface area (Å²) in [7, 11) is 0. The SMILES string of the molecule is CCCN(CCC)C(=O)[C@H]1CC(=O)N(c2ccc(CC)cc2)C1. The first kappa shape index (κ1) is 17.5. The van der Waals surface area contributed by atoms with Gasteiger partial charge in [-0.25, -0.2) is 0 Å². The van der Waals surface area contributed by atoms with E-state index in [0.29, 0.717) is 13.0 Å². The van der Waals surface area contributed by atoms with Crippen LogP contribution in [-0.2, 0) is 16.0 Å². The summed E-state index contributed by atoms with van der Waals surface area (Å²) < 4.78 is 0. The Labute approximate surface area is 139 Å². The van der Waals surface area contributed by atoms with Crippen LogP contribution in [0.4, 0.5) is 5.69 Å². The molecule has 23 heavy (non-hydrogen) atoms. The van der Waals surface area contributed by atoms with Gasteiger partial charge in [-0.1, -0.05) is 32.9 Å². The summed E-state index contributed by atoms with van der Waals surface area (Å²) in [6, 6.07) is 8.08. The quantitative estimate of drug-likeness (QED) is 0.775. The molecule has 0 bridgehead atoms. The van der Waals surface area contributed by atoms with Crippen molar-refractivity contribution in [3.8, 4) is 0 Å². The molecule has 0 N–H and O–H groups in total. The van der Waals surface area contributed by atoms with Gasteiger partial charge in [0.1, 0.15) is 0 Å². The van der Waals surface area contributed by atoms with Gasteiger partial charge in [-0.05, 0) is 37.0 Å². The van der Waals surface area contributed by atoms with Crippen molar-refractivity contribution >= 4 is 17.5 Å². The van der Waals surface area contributed by atoms with E-state index in [0.717, 1.165) is 38.0 Å². The number of amides is 2. The highest BCUT2D eigenvalue weighted by Gasteiger charge is 2.36. The summed E-state index contributed by atoms with van der Waals surface area (Å²) in [4.78, 5) is 28.7. The highest BCUT2D eigenvalue weighted by atomic mass is 16.2. The first-order valence-corrected chi connectivity index (χ1v) is 8.78. The van der Waals surface area contributed by atoms with Gasteiger partial charge in [0.05, 0.1) is 5.92 Å². The number of benzene rings is 1. The standard InChI is InChI=1S/C19H28N2O2/c1-4-11-20(12-5-2)19(23)16-13-18(22)21(14-16)17-9-7-15(6-3)8-10-17/h7-10,16H,4-6,11-14H2,1-3H3/t16-/m0/s1. The van der Waals surface area contributed by atoms with E-state index in [1.807, 2.05) is 17.0 Å². The number of carbonyl (C=O) groups excluding carboxylic acids is 2. The van der Waals surface area contributed by atoms with Crippen molar-refractivity contribution < 1.29 is 9.59 Å². The van der Waals surface area contributed by atoms with E-state index in [-0.39, 0.29) is 17.7 Å². The number of carbonyl (C=O) groups is 2. The molecule has 0 saturated carbocycles. The van der Waals surface area contributed by atoms with E-state index in [9.17, 15) is 9.59 Å². The van der Waals surface area contributed by atoms with Crippen LogP contribution >= 0.6 is 0 Å². The van der Waals surface area contributed by atoms with Gasteiger partial charge in [0.15, 0.2) is 0 Å². The molecule has 2 rings (SSSR count). The van der Waals surface area contributed by atoms with Crippen LogP contribution in [0, 0.1) is 5.92 Å². The zero-order valence-corrected chi connectivity index (χ0v) is 14.5. The second-order valence-electron chi connectivity index (χ2n) is 6.25. The van der Waals surface area contributed by atoms with E-state index in [1.165, 1.54) is 5.56 Å². The molecule has 0 radical (unpaired) electrons. The first-order valence-electron chi connectivity index (χ1n) is 8.78. The van der Waals surface area contributed by atoms with Crippen molar-refractivity contribution in [3.63, 3.8) is 0 Å². The molecule has 0 spiro atoms. The number of rotatable bonds is 7. The lowest BCUT2D eigenvalue weighted by atomic mass is 10.1. The Balaban J connectivity index is 2.07. The maximum Gasteiger partial charge on any atom is 0.228 e. The lowest BCUT2D eigenvalue weighted by Crippen LogP contribution is -2.38. The molecule has 1 atom stereocenters. The van der Waals surface area contributed by atoms with Crippen LogP contribution in [0.3, 0.4) is 0 Å². The second-order valence-corrected chi connectivity index (χ2v) is 6.25. The number of hydrogen-bond donors (Lipinski definition) is 0. The van der Waals surface area contributed by atoms with Crippen LogP contribution in [0.1, 0.15) is 45.6 Å². The van der Waals surface area contributed by atoms with Crippen molar-refractivity contribution in [1.29, 1.82) is 0 Å². The number of nitrogens with zero attached hydrogens (tertiary/aromatic N) is 2. The summed E-state index contributed by atoms with van der Waals surface area (Å²) in [6.07, 6.45) is 3.22. The van der Waals surface area contributed by atoms with E-state index in [1.54, 1.807) is 4.90 Å². The fourth-order valence-corrected chi connectivity index (χ4v) is 3.16. The predicted octanol–water partition coefficient (Wildman–Crippen LogP) is 3.25. The molecule has 1 aromatic rings. The molecule has 126 valence electrons. The average molecular weight is 316 g/mol. The van der Waals surface area contributed by atoms with Crippen LogP contribution < -0.4 is 4.90 Å². The highest BCUT2D eigenvalue weighted by Crippen LogP contribution is 2.27. The fraction of sp³-hybridized carbons (Fsp3) is 0.579. The summed E-state index contributed by atoms with van der Waals surface area (Å²) in [5, 5.41) is 0. The lowest BCUT2D eigenvalue weighted by Gasteiger charge is -2.24. The first-order chi connectivity index (χ1) is 11.1. The fourth-order valence-electron chi connectivity index (χ4n) is 3.16. The minimum atomic E-state index is -0.202. The predicted molar refractivity (Wildman–Crippen MR) is 93.4 cm³/mol. The van der Waals surface area contributed by atoms with Crippen molar-refractivity contribution in [2.24, 2.45) is 5.92 Å². The normalized spacial score (nSPS) is 17.6. The molecule has 1 aliphatic rings. The molecule has 0 aromatic heterocycles. The summed E-state index contributed by atoms with van der Waals surface area (Å²) in [5.74, 6) is -0.0123. The molecule has 1 heterocycles. The van der Waals surface area contributed by atoms with Gasteiger partial charge < -0.3 is 9.80 Å². The largest absolute Gasteiger partial charge is 0.342 e. The maximum absolute atomic E-state index is 12.7. The Morgan fingerprint density at radius 1 is 1.13 bits per heavy atom. The van der Waals surface area contributed by atoms with Crippen molar-refractivity contribution in [3.05, 3.63) is 29.8 Å². The molecular weight excluding hydrogens is 288 g/mol. The van der Waals surface area contributed by atoms with Gasteiger partial charge in [0, 0.05) is 31.7 Å². The van der Waals surface area contributed by atoms with Crippen molar-refractivity contribution in [2.75, 3.05) is 24.5 Å². The Morgan fingerprint density at radius 3 is 2.26 bits per heavy atom. The van der Waals surface area contributed by atoms with Crippen molar-refractivity contribution in [2.45, 2.75) is 46.5 Å². The Bertz CT molecular complexity index is 533. The molecule has 0 aliphatic carbocycles. The highest BCUT2D eigenvalue weighted by molar-refractivity contribution is 6.00. The molecule has 0 unspecified atom stereocenters. The minimum absolute atomic E-state index is 0.0561. The summed E-state index contributed by atoms with van der Waals surface area (Å²) >= 11 is 0. The lowest BCUT2D eigenvalue weighted by molar-refractivity contribution is -0.135. The molecule has 4 heteroatoms. The number of aryl methyl sites for hydroxylation is 1. The Kier molecular flexibility index (Phi) is 6.20. The molecule has 1 aromatic carbocycles. The average Bonchev–Trinajstić information content (AvgIpc) is 2.96. The van der Waals surface area contributed by atoms with Gasteiger partial charge in [-0.2, -0.15) is 0 Å². The Morgan fingerprint density at radius 2 is 1.74 bits per heavy atom. The molecule has 1 fully saturated rings. The molecule has 1 saturated heterocycles. The Hall–Kier alpha value is -1.84. The smallest absolute Gasteiger partial charge is 0.228 e. The van der Waals surface area contributed by atoms with Gasteiger partial charge in [-0.15, -0.1) is 0 Å². The van der Waals surface area contributed by atoms with Crippen LogP contribution in [-0.4, -0.2) is 36.3 Å². The topological polar surface area (TPSA) is 40.6 Å². The summed E-state index contributed by atoms with van der Waals surface area (Å²) in [6.45, 7) is 8.34. The minimum Gasteiger partial charge on any atom is -0.342 e. The number of anilines is 1. The van der Waals surface area contributed by atoms with E-state index in [4.69, 9.17) is 0 Å². The zero-order chi connectivity index (χ0) is 16.8. The van der Waals surface area contributed by atoms with Crippen LogP contribution in [0.2, 0.25) is 0 Å². The van der Waals surface area contributed by atoms with Crippen LogP contribution in [0.5, 0.6) is 0 Å². The van der Waals surface area contributed by atoms with Crippen molar-refractivity contribution in [1.82, 2.24) is 4.90 Å². The van der Waals surface area contributed by atoms with Gasteiger partial charge in [0.2, 0.25) is 11.8 Å². The molecule has 1 aliphatic heterocycles. The third-order valence-corrected chi connectivity index (χ3v) is 4.43. The van der Waals surface area contributed by atoms with Gasteiger partial charge in [0.25, 0.3) is 0 Å². The van der Waals surface area contributed by atoms with Crippen LogP contribution in [0.25, 0.3) is 0 Å². The second kappa shape index (κ2) is 8.14. The third kappa shape index (κ3) is 4.12. The monoisotopic (exact) mass is 316 g/mol. The van der Waals surface area contributed by atoms with Crippen LogP contribution in [0.15, 0.2) is 24.3 Å². The molecule has 4 nitrogen and oxygen atoms in total. The van der Waals surface area contributed by atoms with Gasteiger partial charge in [-0.3, -0.25) is 9.59 Å². The zero-order valence-electron chi connectivity index (χ0n) is 14.5. The van der Waals surface area contributed by atoms with E-state index >= 15 is 0 Å². The summed E-state index contributed by atoms with van der Waals surface area (Å²) in [5.41, 5.74) is 2.16. The van der Waals surface area contributed by atoms with E-state index in [2.05, 4.69) is 32.9 Å². The van der Waals surface area contributed by atoms with E-state index < -0.39 is 0 Å². The third-order valence-electron chi connectivity index (χ3n) is 4.43. The maximum atomic E-state index is 12.7. The molecular formula is C19H28N2O2.